The standard InChI is InChI=1S/C12H17.C5H5.2ClH.Ti/c1-8(2)12-7-6-9(3)10(4)11(12)5;1-2-4-5-3-1;;;/h6-7H,1-5H3;1-3H,4H2;2*1H;/q2*-1;;;+2. The largest absolute Gasteiger partial charge is 2.00 e. The van der Waals surface area contributed by atoms with E-state index in [4.69, 9.17) is 0 Å². The molecule has 0 nitrogen and oxygen atoms in total. The second kappa shape index (κ2) is 12.6. The van der Waals surface area contributed by atoms with E-state index in [2.05, 4.69) is 58.9 Å². The van der Waals surface area contributed by atoms with Gasteiger partial charge in [-0.1, -0.05) is 33.3 Å². The van der Waals surface area contributed by atoms with Gasteiger partial charge in [0.05, 0.1) is 0 Å². The predicted octanol–water partition coefficient (Wildman–Crippen LogP) is 5.72. The molecule has 0 amide bonds. The van der Waals surface area contributed by atoms with Crippen molar-refractivity contribution in [3.05, 3.63) is 64.6 Å². The second-order valence-electron chi connectivity index (χ2n) is 4.68. The zero-order valence-corrected chi connectivity index (χ0v) is 16.1. The Morgan fingerprint density at radius 3 is 1.95 bits per heavy atom. The predicted molar refractivity (Wildman–Crippen MR) is 90.4 cm³/mol. The molecule has 0 spiro atoms. The monoisotopic (exact) mass is 346 g/mol. The molecular weight excluding hydrogens is 323 g/mol. The molecule has 2 rings (SSSR count). The van der Waals surface area contributed by atoms with E-state index >= 15 is 0 Å². The molecule has 0 aromatic heterocycles. The number of hydrogen-bond acceptors (Lipinski definition) is 0. The molecule has 3 heteroatoms. The van der Waals surface area contributed by atoms with Crippen molar-refractivity contribution in [3.8, 4) is 0 Å². The Balaban J connectivity index is -0.000000312. The van der Waals surface area contributed by atoms with E-state index in [1.165, 1.54) is 28.2 Å². The van der Waals surface area contributed by atoms with Crippen molar-refractivity contribution < 1.29 is 21.7 Å². The van der Waals surface area contributed by atoms with Gasteiger partial charge < -0.3 is 0 Å². The van der Waals surface area contributed by atoms with E-state index in [9.17, 15) is 0 Å². The maximum absolute atomic E-state index is 2.99. The van der Waals surface area contributed by atoms with Crippen molar-refractivity contribution >= 4 is 24.8 Å². The second-order valence-corrected chi connectivity index (χ2v) is 4.68. The van der Waals surface area contributed by atoms with Gasteiger partial charge in [-0.15, -0.1) is 48.4 Å². The van der Waals surface area contributed by atoms with Gasteiger partial charge in [0.2, 0.25) is 0 Å². The Hall–Kier alpha value is -0.136. The van der Waals surface area contributed by atoms with Crippen LogP contribution in [0.2, 0.25) is 0 Å². The van der Waals surface area contributed by atoms with Crippen molar-refractivity contribution in [2.24, 2.45) is 0 Å². The molecule has 1 aliphatic carbocycles. The number of hydrogen-bond donors (Lipinski definition) is 0. The molecule has 0 aliphatic heterocycles. The molecule has 0 unspecified atom stereocenters. The molecule has 0 bridgehead atoms. The first-order valence-electron chi connectivity index (χ1n) is 6.13. The molecule has 0 saturated heterocycles. The third kappa shape index (κ3) is 7.59. The van der Waals surface area contributed by atoms with Gasteiger partial charge in [0.25, 0.3) is 0 Å². The van der Waals surface area contributed by atoms with Crippen LogP contribution in [-0.2, 0) is 21.7 Å². The average Bonchev–Trinajstić information content (AvgIpc) is 2.84. The minimum absolute atomic E-state index is 0. The van der Waals surface area contributed by atoms with Crippen molar-refractivity contribution in [3.63, 3.8) is 0 Å². The topological polar surface area (TPSA) is 0 Å². The van der Waals surface area contributed by atoms with Crippen molar-refractivity contribution in [1.29, 1.82) is 0 Å². The Labute approximate surface area is 151 Å². The van der Waals surface area contributed by atoms with E-state index in [-0.39, 0.29) is 46.5 Å². The van der Waals surface area contributed by atoms with Crippen LogP contribution < -0.4 is 0 Å². The zero-order valence-electron chi connectivity index (χ0n) is 12.9. The van der Waals surface area contributed by atoms with Crippen LogP contribution in [0.3, 0.4) is 0 Å². The third-order valence-electron chi connectivity index (χ3n) is 3.18. The first kappa shape index (κ1) is 24.9. The van der Waals surface area contributed by atoms with Gasteiger partial charge in [-0.3, -0.25) is 6.08 Å². The molecular formula is C17H24Cl2Ti. The molecule has 0 N–H and O–H groups in total. The number of benzene rings is 1. The van der Waals surface area contributed by atoms with Crippen LogP contribution in [-0.4, -0.2) is 0 Å². The molecule has 0 heterocycles. The van der Waals surface area contributed by atoms with Crippen LogP contribution in [0.15, 0.2) is 30.4 Å². The van der Waals surface area contributed by atoms with E-state index in [0.717, 1.165) is 6.42 Å². The summed E-state index contributed by atoms with van der Waals surface area (Å²) in [6.45, 7) is 10.9. The van der Waals surface area contributed by atoms with Crippen LogP contribution in [0.25, 0.3) is 0 Å². The smallest absolute Gasteiger partial charge is 0.273 e. The average molecular weight is 347 g/mol. The van der Waals surface area contributed by atoms with Gasteiger partial charge in [-0.25, -0.2) is 12.2 Å². The van der Waals surface area contributed by atoms with Gasteiger partial charge in [0.15, 0.2) is 0 Å². The van der Waals surface area contributed by atoms with Gasteiger partial charge >= 0.3 is 21.7 Å². The van der Waals surface area contributed by atoms with Crippen molar-refractivity contribution in [1.82, 2.24) is 0 Å². The zero-order chi connectivity index (χ0) is 12.8. The van der Waals surface area contributed by atoms with E-state index in [1.54, 1.807) is 0 Å². The maximum atomic E-state index is 2.99. The fraction of sp³-hybridized carbons (Fsp3) is 0.353. The molecule has 1 aromatic carbocycles. The molecule has 1 aromatic rings. The summed E-state index contributed by atoms with van der Waals surface area (Å²) in [4.78, 5) is 0. The maximum Gasteiger partial charge on any atom is 2.00 e. The normalized spacial score (nSPS) is 10.4. The Morgan fingerprint density at radius 1 is 1.00 bits per heavy atom. The number of allylic oxidation sites excluding steroid dienone is 4. The SMILES string of the molecule is Cc1ccc([C-](C)C)c(C)c1C.Cl.Cl.[C-]1=CC=CC1.[Ti+2]. The molecule has 0 radical (unpaired) electrons. The van der Waals surface area contributed by atoms with Crippen LogP contribution in [0.1, 0.15) is 42.5 Å². The molecule has 20 heavy (non-hydrogen) atoms. The summed E-state index contributed by atoms with van der Waals surface area (Å²) in [6, 6.07) is 4.41. The van der Waals surface area contributed by atoms with E-state index < -0.39 is 0 Å². The van der Waals surface area contributed by atoms with Crippen LogP contribution in [0.4, 0.5) is 0 Å². The first-order chi connectivity index (χ1) is 8.04. The molecule has 0 saturated carbocycles. The van der Waals surface area contributed by atoms with Crippen molar-refractivity contribution in [2.75, 3.05) is 0 Å². The minimum Gasteiger partial charge on any atom is -0.273 e. The summed E-state index contributed by atoms with van der Waals surface area (Å²) >= 11 is 0. The van der Waals surface area contributed by atoms with Crippen LogP contribution >= 0.6 is 24.8 Å². The minimum atomic E-state index is 0. The molecule has 1 aliphatic rings. The Bertz CT molecular complexity index is 425. The van der Waals surface area contributed by atoms with Gasteiger partial charge in [-0.05, 0) is 6.92 Å². The number of halogens is 2. The van der Waals surface area contributed by atoms with E-state index in [1.807, 2.05) is 12.2 Å². The van der Waals surface area contributed by atoms with Crippen LogP contribution in [0, 0.1) is 32.8 Å². The third-order valence-corrected chi connectivity index (χ3v) is 3.18. The Morgan fingerprint density at radius 2 is 1.60 bits per heavy atom. The molecule has 110 valence electrons. The van der Waals surface area contributed by atoms with Gasteiger partial charge in [0, 0.05) is 0 Å². The number of aryl methyl sites for hydroxylation is 1. The summed E-state index contributed by atoms with van der Waals surface area (Å²) in [5, 5.41) is 0. The summed E-state index contributed by atoms with van der Waals surface area (Å²) in [7, 11) is 0. The fourth-order valence-corrected chi connectivity index (χ4v) is 1.84. The van der Waals surface area contributed by atoms with E-state index in [0.29, 0.717) is 0 Å². The summed E-state index contributed by atoms with van der Waals surface area (Å²) < 4.78 is 0. The quantitative estimate of drug-likeness (QED) is 0.450. The number of rotatable bonds is 1. The van der Waals surface area contributed by atoms with Crippen molar-refractivity contribution in [2.45, 2.75) is 41.0 Å². The summed E-state index contributed by atoms with van der Waals surface area (Å²) in [5.41, 5.74) is 5.64. The molecule has 0 atom stereocenters. The first-order valence-corrected chi connectivity index (χ1v) is 6.13. The summed E-state index contributed by atoms with van der Waals surface area (Å²) in [5.74, 6) is 1.40. The van der Waals surface area contributed by atoms with Gasteiger partial charge in [-0.2, -0.15) is 23.6 Å². The van der Waals surface area contributed by atoms with Gasteiger partial charge in [0.1, 0.15) is 0 Å². The fourth-order valence-electron chi connectivity index (χ4n) is 1.84. The summed E-state index contributed by atoms with van der Waals surface area (Å²) in [6.07, 6.45) is 10.0. The Kier molecular flexibility index (Phi) is 15.7. The molecule has 0 fully saturated rings. The van der Waals surface area contributed by atoms with Crippen LogP contribution in [0.5, 0.6) is 0 Å².